The molecule has 16 heteroatoms. The number of rotatable bonds is 17. The number of unbranched alkanes of at least 4 members (excludes halogenated alkanes) is 1. The lowest BCUT2D eigenvalue weighted by Gasteiger charge is -2.18. The van der Waals surface area contributed by atoms with Crippen molar-refractivity contribution in [2.45, 2.75) is 51.2 Å². The van der Waals surface area contributed by atoms with E-state index < -0.39 is 41.4 Å². The Morgan fingerprint density at radius 2 is 1.55 bits per heavy atom. The lowest BCUT2D eigenvalue weighted by atomic mass is 10.1. The van der Waals surface area contributed by atoms with Crippen molar-refractivity contribution in [3.63, 3.8) is 0 Å². The van der Waals surface area contributed by atoms with Crippen LogP contribution in [0.25, 0.3) is 0 Å². The van der Waals surface area contributed by atoms with Crippen LogP contribution in [0.5, 0.6) is 0 Å². The molecule has 1 heterocycles. The Labute approximate surface area is 321 Å². The predicted molar refractivity (Wildman–Crippen MR) is 206 cm³/mol. The summed E-state index contributed by atoms with van der Waals surface area (Å²) in [4.78, 5) is 71.3. The number of anilines is 5. The summed E-state index contributed by atoms with van der Waals surface area (Å²) in [6, 6.07) is 14.3. The minimum Gasteiger partial charge on any atom is -0.356 e. The van der Waals surface area contributed by atoms with Gasteiger partial charge < -0.3 is 31.9 Å². The fourth-order valence-corrected chi connectivity index (χ4v) is 5.15. The van der Waals surface area contributed by atoms with Gasteiger partial charge in [0.05, 0.1) is 23.6 Å². The third-order valence-electron chi connectivity index (χ3n) is 8.04. The summed E-state index contributed by atoms with van der Waals surface area (Å²) in [5, 5.41) is 16.4. The molecular weight excluding hydrogens is 729 g/mol. The second kappa shape index (κ2) is 19.9. The van der Waals surface area contributed by atoms with Gasteiger partial charge in [-0.1, -0.05) is 24.8 Å². The number of amides is 5. The number of aromatic nitrogens is 2. The highest BCUT2D eigenvalue weighted by atomic mass is 19.4. The first-order valence-corrected chi connectivity index (χ1v) is 17.3. The summed E-state index contributed by atoms with van der Waals surface area (Å²) in [7, 11) is 0. The van der Waals surface area contributed by atoms with Crippen LogP contribution in [0, 0.1) is 19.3 Å². The maximum atomic E-state index is 13.2. The number of halogens is 3. The van der Waals surface area contributed by atoms with E-state index in [9.17, 15) is 37.1 Å². The Kier molecular flexibility index (Phi) is 14.8. The second-order valence-electron chi connectivity index (χ2n) is 12.3. The van der Waals surface area contributed by atoms with Crippen LogP contribution < -0.4 is 31.9 Å². The Hall–Kier alpha value is -7.02. The van der Waals surface area contributed by atoms with Crippen LogP contribution in [0.2, 0.25) is 0 Å². The van der Waals surface area contributed by atoms with Gasteiger partial charge in [0.1, 0.15) is 6.04 Å². The first kappa shape index (κ1) is 41.7. The van der Waals surface area contributed by atoms with Gasteiger partial charge in [-0.3, -0.25) is 24.0 Å². The zero-order valence-electron chi connectivity index (χ0n) is 30.3. The molecule has 56 heavy (non-hydrogen) atoms. The Morgan fingerprint density at radius 3 is 2.27 bits per heavy atom. The van der Waals surface area contributed by atoms with Crippen LogP contribution in [0.3, 0.4) is 0 Å². The molecule has 0 saturated carbocycles. The van der Waals surface area contributed by atoms with E-state index >= 15 is 0 Å². The largest absolute Gasteiger partial charge is 0.416 e. The molecular formula is C40H39F3N8O5. The van der Waals surface area contributed by atoms with Crippen molar-refractivity contribution >= 4 is 58.2 Å². The number of alkyl halides is 3. The SMILES string of the molecule is C#CCCC(=O)NCCCC[C@H](NC(=O)C=C)C(=O)Nc1cccc(Nc2ncc(NC(=O)c3cc(NC(=O)c4cccc(C(F)(F)F)c4)ccc3C)cn2)c1. The van der Waals surface area contributed by atoms with Crippen LogP contribution in [0.15, 0.2) is 91.8 Å². The lowest BCUT2D eigenvalue weighted by Crippen LogP contribution is -2.43. The van der Waals surface area contributed by atoms with Crippen molar-refractivity contribution in [3.8, 4) is 12.3 Å². The van der Waals surface area contributed by atoms with Crippen LogP contribution >= 0.6 is 0 Å². The fourth-order valence-electron chi connectivity index (χ4n) is 5.15. The molecule has 0 unspecified atom stereocenters. The zero-order valence-corrected chi connectivity index (χ0v) is 30.3. The number of carbonyl (C=O) groups is 5. The third kappa shape index (κ3) is 12.8. The van der Waals surface area contributed by atoms with Crippen LogP contribution in [-0.2, 0) is 20.6 Å². The monoisotopic (exact) mass is 768 g/mol. The molecule has 0 fully saturated rings. The molecule has 0 saturated heterocycles. The van der Waals surface area contributed by atoms with E-state index in [1.165, 1.54) is 30.6 Å². The Morgan fingerprint density at radius 1 is 0.857 bits per heavy atom. The molecule has 6 N–H and O–H groups in total. The molecule has 0 aliphatic rings. The highest BCUT2D eigenvalue weighted by Crippen LogP contribution is 2.30. The third-order valence-corrected chi connectivity index (χ3v) is 8.04. The van der Waals surface area contributed by atoms with Crippen LogP contribution in [0.1, 0.15) is 63.9 Å². The van der Waals surface area contributed by atoms with Gasteiger partial charge in [-0.2, -0.15) is 13.2 Å². The van der Waals surface area contributed by atoms with Gasteiger partial charge in [0.25, 0.3) is 11.8 Å². The van der Waals surface area contributed by atoms with E-state index in [0.29, 0.717) is 49.2 Å². The quantitative estimate of drug-likeness (QED) is 0.0407. The molecule has 0 spiro atoms. The van der Waals surface area contributed by atoms with E-state index in [0.717, 1.165) is 24.3 Å². The highest BCUT2D eigenvalue weighted by molar-refractivity contribution is 6.08. The molecule has 4 rings (SSSR count). The number of carbonyl (C=O) groups excluding carboxylic acids is 5. The zero-order chi connectivity index (χ0) is 40.7. The van der Waals surface area contributed by atoms with Gasteiger partial charge in [-0.15, -0.1) is 12.3 Å². The average molecular weight is 769 g/mol. The topological polar surface area (TPSA) is 183 Å². The van der Waals surface area contributed by atoms with Gasteiger partial charge in [-0.05, 0) is 86.4 Å². The molecule has 1 aromatic heterocycles. The number of nitrogens with one attached hydrogen (secondary N) is 6. The number of nitrogens with zero attached hydrogens (tertiary/aromatic N) is 2. The van der Waals surface area contributed by atoms with Gasteiger partial charge in [-0.25, -0.2) is 9.97 Å². The van der Waals surface area contributed by atoms with Crippen molar-refractivity contribution in [2.24, 2.45) is 0 Å². The molecule has 4 aromatic rings. The standard InChI is InChI=1S/C40H39F3N8O5/c1-4-6-16-35(53)44-19-8-7-15-33(51-34(52)5-2)38(56)48-28-13-10-14-29(21-28)50-39-45-23-31(24-46-39)49-37(55)32-22-30(18-17-25(32)3)47-36(54)26-11-9-12-27(20-26)40(41,42)43/h1,5,9-14,17-18,20-24,33H,2,6-8,15-16,19H2,3H3,(H,44,53)(H,47,54)(H,48,56)(H,49,55)(H,51,52)(H,45,46,50)/t33-/m0/s1. The van der Waals surface area contributed by atoms with E-state index in [2.05, 4.69) is 54.4 Å². The van der Waals surface area contributed by atoms with Gasteiger partial charge in [0.15, 0.2) is 0 Å². The molecule has 1 atom stereocenters. The van der Waals surface area contributed by atoms with Crippen molar-refractivity contribution in [3.05, 3.63) is 114 Å². The van der Waals surface area contributed by atoms with E-state index in [4.69, 9.17) is 6.42 Å². The van der Waals surface area contributed by atoms with Crippen molar-refractivity contribution in [2.75, 3.05) is 27.8 Å². The molecule has 290 valence electrons. The number of hydrogen-bond donors (Lipinski definition) is 6. The molecule has 0 aliphatic carbocycles. The number of aryl methyl sites for hydroxylation is 1. The van der Waals surface area contributed by atoms with E-state index in [1.54, 1.807) is 37.3 Å². The minimum atomic E-state index is -4.61. The number of benzene rings is 3. The Balaban J connectivity index is 1.33. The van der Waals surface area contributed by atoms with Gasteiger partial charge in [0.2, 0.25) is 23.7 Å². The molecule has 3 aromatic carbocycles. The predicted octanol–water partition coefficient (Wildman–Crippen LogP) is 6.36. The van der Waals surface area contributed by atoms with Crippen molar-refractivity contribution in [1.82, 2.24) is 20.6 Å². The van der Waals surface area contributed by atoms with Crippen molar-refractivity contribution < 1.29 is 37.1 Å². The van der Waals surface area contributed by atoms with Crippen molar-refractivity contribution in [1.29, 1.82) is 0 Å². The molecule has 13 nitrogen and oxygen atoms in total. The van der Waals surface area contributed by atoms with Gasteiger partial charge in [0, 0.05) is 47.6 Å². The lowest BCUT2D eigenvalue weighted by molar-refractivity contribution is -0.137. The highest BCUT2D eigenvalue weighted by Gasteiger charge is 2.31. The number of hydrogen-bond acceptors (Lipinski definition) is 8. The first-order valence-electron chi connectivity index (χ1n) is 17.3. The molecule has 5 amide bonds. The summed E-state index contributed by atoms with van der Waals surface area (Å²) in [5.41, 5.74) is 0.992. The summed E-state index contributed by atoms with van der Waals surface area (Å²) >= 11 is 0. The summed E-state index contributed by atoms with van der Waals surface area (Å²) in [6.07, 6.45) is 6.39. The van der Waals surface area contributed by atoms with Crippen LogP contribution in [0.4, 0.5) is 41.9 Å². The first-order chi connectivity index (χ1) is 26.7. The van der Waals surface area contributed by atoms with Gasteiger partial charge >= 0.3 is 6.18 Å². The maximum absolute atomic E-state index is 13.2. The Bertz CT molecular complexity index is 2120. The van der Waals surface area contributed by atoms with Crippen LogP contribution in [-0.4, -0.2) is 52.1 Å². The smallest absolute Gasteiger partial charge is 0.356 e. The maximum Gasteiger partial charge on any atom is 0.416 e. The molecule has 0 radical (unpaired) electrons. The van der Waals surface area contributed by atoms with E-state index in [1.807, 2.05) is 0 Å². The normalized spacial score (nSPS) is 11.3. The average Bonchev–Trinajstić information content (AvgIpc) is 3.17. The minimum absolute atomic E-state index is 0.152. The summed E-state index contributed by atoms with van der Waals surface area (Å²) in [6.45, 7) is 5.53. The summed E-state index contributed by atoms with van der Waals surface area (Å²) < 4.78 is 39.3. The number of terminal acetylenes is 1. The second-order valence-corrected chi connectivity index (χ2v) is 12.3. The fraction of sp³-hybridized carbons (Fsp3) is 0.225. The molecule has 0 bridgehead atoms. The summed E-state index contributed by atoms with van der Waals surface area (Å²) in [5.74, 6) is 0.142. The molecule has 0 aliphatic heterocycles. The van der Waals surface area contributed by atoms with E-state index in [-0.39, 0.29) is 40.8 Å².